The summed E-state index contributed by atoms with van der Waals surface area (Å²) in [4.78, 5) is 10.2. The van der Waals surface area contributed by atoms with Crippen molar-refractivity contribution >= 4 is 6.29 Å². The highest BCUT2D eigenvalue weighted by atomic mass is 16.1. The first-order valence-corrected chi connectivity index (χ1v) is 9.42. The normalized spacial score (nSPS) is 11.3. The van der Waals surface area contributed by atoms with Gasteiger partial charge in [0.15, 0.2) is 0 Å². The van der Waals surface area contributed by atoms with Gasteiger partial charge < -0.3 is 15.4 Å². The molecule has 0 spiro atoms. The summed E-state index contributed by atoms with van der Waals surface area (Å²) in [6, 6.07) is 0. The lowest BCUT2D eigenvalue weighted by atomic mass is 10.1. The zero-order valence-corrected chi connectivity index (χ0v) is 14.7. The topological polar surface area (TPSA) is 41.1 Å². The summed E-state index contributed by atoms with van der Waals surface area (Å²) < 4.78 is 0. The molecule has 3 heteroatoms. The van der Waals surface area contributed by atoms with E-state index in [1.54, 1.807) is 0 Å². The van der Waals surface area contributed by atoms with E-state index >= 15 is 0 Å². The molecule has 0 unspecified atom stereocenters. The number of carbonyl (C=O) groups is 1. The van der Waals surface area contributed by atoms with E-state index in [0.29, 0.717) is 0 Å². The molecule has 0 saturated carbocycles. The van der Waals surface area contributed by atoms with E-state index < -0.39 is 0 Å². The molecule has 0 aliphatic heterocycles. The van der Waals surface area contributed by atoms with Crippen LogP contribution in [0.1, 0.15) is 84.0 Å². The first kappa shape index (κ1) is 21.3. The number of rotatable bonds is 18. The smallest absolute Gasteiger partial charge is 0.119 e. The van der Waals surface area contributed by atoms with E-state index in [4.69, 9.17) is 0 Å². The molecule has 0 aliphatic carbocycles. The van der Waals surface area contributed by atoms with Gasteiger partial charge in [0.2, 0.25) is 0 Å². The Morgan fingerprint density at radius 2 is 1.23 bits per heavy atom. The summed E-state index contributed by atoms with van der Waals surface area (Å²) >= 11 is 0. The molecule has 0 bridgehead atoms. The highest BCUT2D eigenvalue weighted by Crippen LogP contribution is 2.05. The lowest BCUT2D eigenvalue weighted by Crippen LogP contribution is -2.30. The summed E-state index contributed by atoms with van der Waals surface area (Å²) in [5.41, 5.74) is 0. The third-order valence-corrected chi connectivity index (χ3v) is 3.79. The van der Waals surface area contributed by atoms with Crippen LogP contribution in [-0.4, -0.2) is 26.0 Å². The van der Waals surface area contributed by atoms with Crippen LogP contribution in [0.5, 0.6) is 0 Å². The van der Waals surface area contributed by atoms with E-state index in [9.17, 15) is 4.79 Å². The van der Waals surface area contributed by atoms with Crippen LogP contribution in [0.4, 0.5) is 0 Å². The Balaban J connectivity index is 3.03. The zero-order valence-electron chi connectivity index (χ0n) is 14.7. The summed E-state index contributed by atoms with van der Waals surface area (Å²) in [5.74, 6) is 0. The Hall–Kier alpha value is -0.670. The molecule has 0 saturated heterocycles. The average Bonchev–Trinajstić information content (AvgIpc) is 2.54. The molecule has 0 aromatic heterocycles. The maximum absolute atomic E-state index is 10.2. The van der Waals surface area contributed by atoms with Crippen LogP contribution in [-0.2, 0) is 4.79 Å². The third kappa shape index (κ3) is 19.3. The van der Waals surface area contributed by atoms with Gasteiger partial charge in [-0.3, -0.25) is 0 Å². The van der Waals surface area contributed by atoms with Gasteiger partial charge in [-0.1, -0.05) is 44.8 Å². The van der Waals surface area contributed by atoms with Crippen molar-refractivity contribution in [2.75, 3.05) is 19.8 Å². The molecule has 130 valence electrons. The molecule has 0 radical (unpaired) electrons. The number of carbonyl (C=O) groups excluding carboxylic acids is 1. The standard InChI is InChI=1S/C19H38N2O/c1-2-3-13-16-20-19-21-17-14-11-9-7-5-4-6-8-10-12-15-18-22/h5,7,18,20-21H,2-4,6,8-17,19H2,1H3/b7-5-. The van der Waals surface area contributed by atoms with Crippen molar-refractivity contribution in [3.8, 4) is 0 Å². The van der Waals surface area contributed by atoms with Gasteiger partial charge in [-0.05, 0) is 58.0 Å². The van der Waals surface area contributed by atoms with Crippen molar-refractivity contribution in [3.63, 3.8) is 0 Å². The van der Waals surface area contributed by atoms with Crippen molar-refractivity contribution in [2.24, 2.45) is 0 Å². The fraction of sp³-hybridized carbons (Fsp3) is 0.842. The first-order chi connectivity index (χ1) is 10.9. The minimum atomic E-state index is 0.734. The molecule has 0 heterocycles. The summed E-state index contributed by atoms with van der Waals surface area (Å²) in [6.45, 7) is 5.44. The lowest BCUT2D eigenvalue weighted by Gasteiger charge is -2.05. The fourth-order valence-electron chi connectivity index (χ4n) is 2.36. The molecule has 2 N–H and O–H groups in total. The van der Waals surface area contributed by atoms with Crippen LogP contribution in [0.15, 0.2) is 12.2 Å². The molecule has 22 heavy (non-hydrogen) atoms. The van der Waals surface area contributed by atoms with Crippen LogP contribution in [0, 0.1) is 0 Å². The molecular weight excluding hydrogens is 272 g/mol. The first-order valence-electron chi connectivity index (χ1n) is 9.42. The van der Waals surface area contributed by atoms with Gasteiger partial charge >= 0.3 is 0 Å². The quantitative estimate of drug-likeness (QED) is 0.168. The Bertz CT molecular complexity index is 242. The van der Waals surface area contributed by atoms with Crippen LogP contribution in [0.3, 0.4) is 0 Å². The van der Waals surface area contributed by atoms with E-state index in [0.717, 1.165) is 38.9 Å². The number of hydrogen-bond donors (Lipinski definition) is 2. The second-order valence-electron chi connectivity index (χ2n) is 6.01. The van der Waals surface area contributed by atoms with Gasteiger partial charge in [-0.2, -0.15) is 0 Å². The molecule has 0 aromatic rings. The number of unbranched alkanes of at least 4 members (excludes halogenated alkanes) is 9. The maximum atomic E-state index is 10.2. The monoisotopic (exact) mass is 310 g/mol. The van der Waals surface area contributed by atoms with E-state index in [-0.39, 0.29) is 0 Å². The number of aldehydes is 1. The Morgan fingerprint density at radius 3 is 1.82 bits per heavy atom. The number of hydrogen-bond acceptors (Lipinski definition) is 3. The molecule has 0 amide bonds. The highest BCUT2D eigenvalue weighted by Gasteiger charge is 1.90. The second kappa shape index (κ2) is 20.3. The molecule has 0 fully saturated rings. The van der Waals surface area contributed by atoms with E-state index in [1.165, 1.54) is 64.2 Å². The SMILES string of the molecule is CCCCCNCNCCCC/C=C\CCCCCCC=O. The van der Waals surface area contributed by atoms with Crippen molar-refractivity contribution in [1.29, 1.82) is 0 Å². The van der Waals surface area contributed by atoms with Crippen molar-refractivity contribution in [3.05, 3.63) is 12.2 Å². The summed E-state index contributed by atoms with van der Waals surface area (Å²) in [6.07, 6.45) is 20.0. The maximum Gasteiger partial charge on any atom is 0.119 e. The Morgan fingerprint density at radius 1 is 0.682 bits per heavy atom. The number of nitrogens with one attached hydrogen (secondary N) is 2. The van der Waals surface area contributed by atoms with Crippen LogP contribution in [0.25, 0.3) is 0 Å². The Kier molecular flexibility index (Phi) is 19.7. The van der Waals surface area contributed by atoms with Crippen LogP contribution < -0.4 is 10.6 Å². The van der Waals surface area contributed by atoms with Gasteiger partial charge in [-0.15, -0.1) is 0 Å². The molecule has 3 nitrogen and oxygen atoms in total. The van der Waals surface area contributed by atoms with Gasteiger partial charge in [0.1, 0.15) is 6.29 Å². The van der Waals surface area contributed by atoms with Gasteiger partial charge in [-0.25, -0.2) is 0 Å². The molecular formula is C19H38N2O. The molecule has 0 aliphatic rings. The summed E-state index contributed by atoms with van der Waals surface area (Å²) in [7, 11) is 0. The predicted molar refractivity (Wildman–Crippen MR) is 97.2 cm³/mol. The summed E-state index contributed by atoms with van der Waals surface area (Å²) in [5, 5.41) is 6.86. The minimum absolute atomic E-state index is 0.734. The van der Waals surface area contributed by atoms with Crippen LogP contribution in [0.2, 0.25) is 0 Å². The second-order valence-corrected chi connectivity index (χ2v) is 6.01. The number of allylic oxidation sites excluding steroid dienone is 2. The highest BCUT2D eigenvalue weighted by molar-refractivity contribution is 5.48. The zero-order chi connectivity index (χ0) is 16.1. The van der Waals surface area contributed by atoms with Crippen molar-refractivity contribution < 1.29 is 4.79 Å². The molecule has 0 atom stereocenters. The average molecular weight is 311 g/mol. The van der Waals surface area contributed by atoms with E-state index in [1.807, 2.05) is 0 Å². The van der Waals surface area contributed by atoms with Gasteiger partial charge in [0.05, 0.1) is 0 Å². The largest absolute Gasteiger partial charge is 0.304 e. The van der Waals surface area contributed by atoms with Crippen LogP contribution >= 0.6 is 0 Å². The lowest BCUT2D eigenvalue weighted by molar-refractivity contribution is -0.107. The minimum Gasteiger partial charge on any atom is -0.304 e. The fourth-order valence-corrected chi connectivity index (χ4v) is 2.36. The molecule has 0 aromatic carbocycles. The predicted octanol–water partition coefficient (Wildman–Crippen LogP) is 4.58. The van der Waals surface area contributed by atoms with Crippen molar-refractivity contribution in [2.45, 2.75) is 84.0 Å². The third-order valence-electron chi connectivity index (χ3n) is 3.79. The van der Waals surface area contributed by atoms with Gasteiger partial charge in [0.25, 0.3) is 0 Å². The molecule has 0 rings (SSSR count). The Labute approximate surface area is 138 Å². The van der Waals surface area contributed by atoms with E-state index in [2.05, 4.69) is 29.7 Å². The van der Waals surface area contributed by atoms with Crippen molar-refractivity contribution in [1.82, 2.24) is 10.6 Å². The van der Waals surface area contributed by atoms with Gasteiger partial charge in [0, 0.05) is 13.1 Å².